The molecule has 1 aromatic rings. The Morgan fingerprint density at radius 3 is 2.36 bits per heavy atom. The van der Waals surface area contributed by atoms with Crippen LogP contribution in [0.3, 0.4) is 0 Å². The standard InChI is InChI=1S/C18H25ClN2O/c19-16-9-7-15(8-10-16)17-6-5-13-21(17)14-18(22)20-11-3-1-2-4-12-20/h7-10,17H,1-6,11-14H2. The molecule has 1 atom stereocenters. The van der Waals surface area contributed by atoms with E-state index < -0.39 is 0 Å². The third-order valence-electron chi connectivity index (χ3n) is 4.92. The maximum Gasteiger partial charge on any atom is 0.236 e. The van der Waals surface area contributed by atoms with Gasteiger partial charge in [0.05, 0.1) is 6.54 Å². The van der Waals surface area contributed by atoms with Gasteiger partial charge in [0.2, 0.25) is 5.91 Å². The number of nitrogens with zero attached hydrogens (tertiary/aromatic N) is 2. The minimum absolute atomic E-state index is 0.308. The van der Waals surface area contributed by atoms with Gasteiger partial charge in [-0.2, -0.15) is 0 Å². The van der Waals surface area contributed by atoms with E-state index in [2.05, 4.69) is 21.9 Å². The Morgan fingerprint density at radius 1 is 1.00 bits per heavy atom. The third kappa shape index (κ3) is 3.82. The van der Waals surface area contributed by atoms with Crippen LogP contribution in [0.2, 0.25) is 5.02 Å². The monoisotopic (exact) mass is 320 g/mol. The number of rotatable bonds is 3. The number of likely N-dealkylation sites (tertiary alicyclic amines) is 2. The van der Waals surface area contributed by atoms with E-state index in [0.717, 1.165) is 43.9 Å². The van der Waals surface area contributed by atoms with Crippen LogP contribution in [0.25, 0.3) is 0 Å². The molecule has 0 spiro atoms. The van der Waals surface area contributed by atoms with E-state index in [-0.39, 0.29) is 0 Å². The highest BCUT2D eigenvalue weighted by molar-refractivity contribution is 6.30. The fraction of sp³-hybridized carbons (Fsp3) is 0.611. The van der Waals surface area contributed by atoms with Crippen molar-refractivity contribution in [2.45, 2.75) is 44.6 Å². The van der Waals surface area contributed by atoms with Crippen molar-refractivity contribution in [2.24, 2.45) is 0 Å². The molecule has 0 aliphatic carbocycles. The maximum absolute atomic E-state index is 12.6. The molecule has 120 valence electrons. The Balaban J connectivity index is 1.63. The molecule has 4 heteroatoms. The van der Waals surface area contributed by atoms with Crippen LogP contribution in [0.15, 0.2) is 24.3 Å². The molecule has 2 saturated heterocycles. The first-order valence-electron chi connectivity index (χ1n) is 8.51. The molecule has 2 aliphatic heterocycles. The topological polar surface area (TPSA) is 23.6 Å². The molecule has 0 saturated carbocycles. The first-order valence-corrected chi connectivity index (χ1v) is 8.89. The maximum atomic E-state index is 12.6. The lowest BCUT2D eigenvalue weighted by Gasteiger charge is -2.28. The molecule has 1 unspecified atom stereocenters. The average molecular weight is 321 g/mol. The van der Waals surface area contributed by atoms with E-state index in [1.807, 2.05) is 12.1 Å². The predicted molar refractivity (Wildman–Crippen MR) is 90.0 cm³/mol. The summed E-state index contributed by atoms with van der Waals surface area (Å²) in [6, 6.07) is 8.46. The Bertz CT molecular complexity index is 494. The highest BCUT2D eigenvalue weighted by Crippen LogP contribution is 2.32. The molecule has 0 aromatic heterocycles. The minimum atomic E-state index is 0.308. The SMILES string of the molecule is O=C(CN1CCCC1c1ccc(Cl)cc1)N1CCCCCC1. The number of carbonyl (C=O) groups is 1. The van der Waals surface area contributed by atoms with E-state index in [1.54, 1.807) is 0 Å². The third-order valence-corrected chi connectivity index (χ3v) is 5.17. The predicted octanol–water partition coefficient (Wildman–Crippen LogP) is 3.88. The molecule has 3 rings (SSSR count). The van der Waals surface area contributed by atoms with Crippen LogP contribution in [0.1, 0.15) is 50.1 Å². The lowest BCUT2D eigenvalue weighted by atomic mass is 10.0. The fourth-order valence-electron chi connectivity index (χ4n) is 3.67. The van der Waals surface area contributed by atoms with Crippen LogP contribution in [0, 0.1) is 0 Å². The van der Waals surface area contributed by atoms with Gasteiger partial charge in [0.25, 0.3) is 0 Å². The van der Waals surface area contributed by atoms with Gasteiger partial charge in [0.1, 0.15) is 0 Å². The van der Waals surface area contributed by atoms with Crippen LogP contribution in [-0.2, 0) is 4.79 Å². The smallest absolute Gasteiger partial charge is 0.236 e. The number of benzene rings is 1. The summed E-state index contributed by atoms with van der Waals surface area (Å²) in [4.78, 5) is 17.0. The molecule has 2 aliphatic rings. The van der Waals surface area contributed by atoms with Crippen molar-refractivity contribution in [2.75, 3.05) is 26.2 Å². The van der Waals surface area contributed by atoms with Gasteiger partial charge in [-0.05, 0) is 49.9 Å². The molecular formula is C18H25ClN2O. The fourth-order valence-corrected chi connectivity index (χ4v) is 3.80. The van der Waals surface area contributed by atoms with Crippen molar-refractivity contribution in [1.29, 1.82) is 0 Å². The van der Waals surface area contributed by atoms with Gasteiger partial charge in [0, 0.05) is 24.2 Å². The first kappa shape index (κ1) is 15.8. The zero-order valence-corrected chi connectivity index (χ0v) is 13.9. The molecule has 1 aromatic carbocycles. The second-order valence-corrected chi connectivity index (χ2v) is 6.91. The lowest BCUT2D eigenvalue weighted by molar-refractivity contribution is -0.132. The molecule has 1 amide bonds. The highest BCUT2D eigenvalue weighted by Gasteiger charge is 2.29. The van der Waals surface area contributed by atoms with Crippen molar-refractivity contribution in [3.8, 4) is 0 Å². The second kappa shape index (κ2) is 7.47. The molecule has 0 bridgehead atoms. The average Bonchev–Trinajstić information content (AvgIpc) is 2.81. The van der Waals surface area contributed by atoms with Gasteiger partial charge in [-0.3, -0.25) is 9.69 Å². The zero-order valence-electron chi connectivity index (χ0n) is 13.1. The summed E-state index contributed by atoms with van der Waals surface area (Å²) in [7, 11) is 0. The summed E-state index contributed by atoms with van der Waals surface area (Å²) >= 11 is 5.98. The van der Waals surface area contributed by atoms with Gasteiger partial charge in [-0.15, -0.1) is 0 Å². The first-order chi connectivity index (χ1) is 10.7. The minimum Gasteiger partial charge on any atom is -0.342 e. The number of hydrogen-bond acceptors (Lipinski definition) is 2. The van der Waals surface area contributed by atoms with Crippen molar-refractivity contribution in [3.63, 3.8) is 0 Å². The van der Waals surface area contributed by atoms with Crippen molar-refractivity contribution in [1.82, 2.24) is 9.80 Å². The van der Waals surface area contributed by atoms with Crippen molar-refractivity contribution in [3.05, 3.63) is 34.9 Å². The number of halogens is 1. The lowest BCUT2D eigenvalue weighted by Crippen LogP contribution is -2.40. The number of amides is 1. The normalized spacial score (nSPS) is 23.5. The molecular weight excluding hydrogens is 296 g/mol. The van der Waals surface area contributed by atoms with Gasteiger partial charge < -0.3 is 4.90 Å². The summed E-state index contributed by atoms with van der Waals surface area (Å²) in [6.07, 6.45) is 7.15. The van der Waals surface area contributed by atoms with Crippen LogP contribution in [-0.4, -0.2) is 41.9 Å². The quantitative estimate of drug-likeness (QED) is 0.844. The highest BCUT2D eigenvalue weighted by atomic mass is 35.5. The van der Waals surface area contributed by atoms with E-state index in [9.17, 15) is 4.79 Å². The van der Waals surface area contributed by atoms with Crippen molar-refractivity contribution >= 4 is 17.5 Å². The summed E-state index contributed by atoms with van der Waals surface area (Å²) in [5, 5.41) is 0.772. The molecule has 0 radical (unpaired) electrons. The van der Waals surface area contributed by atoms with Gasteiger partial charge in [-0.25, -0.2) is 0 Å². The summed E-state index contributed by atoms with van der Waals surface area (Å²) in [5.41, 5.74) is 1.28. The number of hydrogen-bond donors (Lipinski definition) is 0. The molecule has 0 N–H and O–H groups in total. The second-order valence-electron chi connectivity index (χ2n) is 6.48. The summed E-state index contributed by atoms with van der Waals surface area (Å²) in [6.45, 7) is 3.47. The van der Waals surface area contributed by atoms with Crippen LogP contribution in [0.4, 0.5) is 0 Å². The zero-order chi connectivity index (χ0) is 15.4. The largest absolute Gasteiger partial charge is 0.342 e. The molecule has 2 heterocycles. The summed E-state index contributed by atoms with van der Waals surface area (Å²) in [5.74, 6) is 0.308. The van der Waals surface area contributed by atoms with Gasteiger partial charge in [0.15, 0.2) is 0 Å². The Morgan fingerprint density at radius 2 is 1.68 bits per heavy atom. The van der Waals surface area contributed by atoms with Crippen LogP contribution >= 0.6 is 11.6 Å². The Hall–Kier alpha value is -1.06. The summed E-state index contributed by atoms with van der Waals surface area (Å²) < 4.78 is 0. The van der Waals surface area contributed by atoms with Crippen LogP contribution < -0.4 is 0 Å². The van der Waals surface area contributed by atoms with E-state index >= 15 is 0 Å². The van der Waals surface area contributed by atoms with Gasteiger partial charge in [-0.1, -0.05) is 36.6 Å². The van der Waals surface area contributed by atoms with E-state index in [4.69, 9.17) is 11.6 Å². The molecule has 22 heavy (non-hydrogen) atoms. The van der Waals surface area contributed by atoms with Crippen molar-refractivity contribution < 1.29 is 4.79 Å². The van der Waals surface area contributed by atoms with Gasteiger partial charge >= 0.3 is 0 Å². The molecule has 3 nitrogen and oxygen atoms in total. The van der Waals surface area contributed by atoms with E-state index in [0.29, 0.717) is 18.5 Å². The number of carbonyl (C=O) groups excluding carboxylic acids is 1. The Labute approximate surface area is 138 Å². The molecule has 2 fully saturated rings. The van der Waals surface area contributed by atoms with E-state index in [1.165, 1.54) is 24.8 Å². The Kier molecular flexibility index (Phi) is 5.37. The van der Waals surface area contributed by atoms with Crippen LogP contribution in [0.5, 0.6) is 0 Å².